The van der Waals surface area contributed by atoms with E-state index in [0.29, 0.717) is 35.7 Å². The highest BCUT2D eigenvalue weighted by atomic mass is 35.5. The van der Waals surface area contributed by atoms with Gasteiger partial charge >= 0.3 is 0 Å². The first kappa shape index (κ1) is 14.5. The molecule has 0 saturated carbocycles. The topological polar surface area (TPSA) is 73.8 Å². The summed E-state index contributed by atoms with van der Waals surface area (Å²) in [5, 5.41) is 15.6. The molecule has 1 aromatic heterocycles. The van der Waals surface area contributed by atoms with Gasteiger partial charge in [-0.3, -0.25) is 10.1 Å². The Kier molecular flexibility index (Phi) is 4.34. The SMILES string of the molecule is CCc1nc(CC)n(-c2ccc(CCl)cc2[N+](=O)[O-])n1. The molecule has 0 N–H and O–H groups in total. The van der Waals surface area contributed by atoms with Crippen LogP contribution >= 0.6 is 11.6 Å². The monoisotopic (exact) mass is 294 g/mol. The quantitative estimate of drug-likeness (QED) is 0.482. The van der Waals surface area contributed by atoms with Crippen molar-refractivity contribution in [2.45, 2.75) is 32.6 Å². The van der Waals surface area contributed by atoms with Crippen LogP contribution in [0.5, 0.6) is 0 Å². The van der Waals surface area contributed by atoms with Gasteiger partial charge in [0.05, 0.1) is 4.92 Å². The van der Waals surface area contributed by atoms with Crippen LogP contribution in [-0.4, -0.2) is 19.7 Å². The van der Waals surface area contributed by atoms with Crippen LogP contribution in [0.2, 0.25) is 0 Å². The maximum Gasteiger partial charge on any atom is 0.295 e. The van der Waals surface area contributed by atoms with Gasteiger partial charge in [0.25, 0.3) is 5.69 Å². The summed E-state index contributed by atoms with van der Waals surface area (Å²) in [4.78, 5) is 15.2. The fraction of sp³-hybridized carbons (Fsp3) is 0.385. The molecular formula is C13H15ClN4O2. The molecule has 0 atom stereocenters. The predicted molar refractivity (Wildman–Crippen MR) is 76.3 cm³/mol. The smallest absolute Gasteiger partial charge is 0.258 e. The molecule has 6 nitrogen and oxygen atoms in total. The average molecular weight is 295 g/mol. The number of hydrogen-bond donors (Lipinski definition) is 0. The molecule has 0 aliphatic rings. The summed E-state index contributed by atoms with van der Waals surface area (Å²) in [6, 6.07) is 4.92. The highest BCUT2D eigenvalue weighted by Crippen LogP contribution is 2.25. The van der Waals surface area contributed by atoms with Gasteiger partial charge in [-0.1, -0.05) is 19.9 Å². The molecule has 2 rings (SSSR count). The van der Waals surface area contributed by atoms with Crippen LogP contribution in [0.15, 0.2) is 18.2 Å². The summed E-state index contributed by atoms with van der Waals surface area (Å²) >= 11 is 5.73. The second-order valence-electron chi connectivity index (χ2n) is 4.28. The maximum absolute atomic E-state index is 11.2. The number of aromatic nitrogens is 3. The Morgan fingerprint density at radius 2 is 2.10 bits per heavy atom. The molecule has 0 amide bonds. The second kappa shape index (κ2) is 6.00. The molecule has 2 aromatic rings. The van der Waals surface area contributed by atoms with Gasteiger partial charge in [-0.05, 0) is 11.6 Å². The van der Waals surface area contributed by atoms with Gasteiger partial charge in [-0.25, -0.2) is 9.67 Å². The number of nitrogens with zero attached hydrogens (tertiary/aromatic N) is 4. The molecule has 0 saturated heterocycles. The summed E-state index contributed by atoms with van der Waals surface area (Å²) in [5.74, 6) is 1.63. The molecule has 20 heavy (non-hydrogen) atoms. The second-order valence-corrected chi connectivity index (χ2v) is 4.54. The molecule has 1 heterocycles. The van der Waals surface area contributed by atoms with Crippen LogP contribution in [-0.2, 0) is 18.7 Å². The normalized spacial score (nSPS) is 10.8. The molecule has 0 radical (unpaired) electrons. The van der Waals surface area contributed by atoms with Crippen molar-refractivity contribution >= 4 is 17.3 Å². The zero-order chi connectivity index (χ0) is 14.7. The number of benzene rings is 1. The summed E-state index contributed by atoms with van der Waals surface area (Å²) < 4.78 is 1.55. The third-order valence-corrected chi connectivity index (χ3v) is 3.28. The standard InChI is InChI=1S/C13H15ClN4O2/c1-3-12-15-13(4-2)17(16-12)10-6-5-9(8-14)7-11(10)18(19)20/h5-7H,3-4,8H2,1-2H3. The number of nitro benzene ring substituents is 1. The zero-order valence-electron chi connectivity index (χ0n) is 11.3. The van der Waals surface area contributed by atoms with Gasteiger partial charge in [0.15, 0.2) is 5.82 Å². The van der Waals surface area contributed by atoms with Crippen LogP contribution in [0, 0.1) is 10.1 Å². The number of halogens is 1. The third kappa shape index (κ3) is 2.65. The summed E-state index contributed by atoms with van der Waals surface area (Å²) in [5.41, 5.74) is 1.12. The zero-order valence-corrected chi connectivity index (χ0v) is 12.1. The number of rotatable bonds is 5. The van der Waals surface area contributed by atoms with Crippen LogP contribution in [0.1, 0.15) is 31.1 Å². The Morgan fingerprint density at radius 1 is 1.35 bits per heavy atom. The van der Waals surface area contributed by atoms with Crippen molar-refractivity contribution in [3.63, 3.8) is 0 Å². The van der Waals surface area contributed by atoms with Gasteiger partial charge < -0.3 is 0 Å². The van der Waals surface area contributed by atoms with Crippen molar-refractivity contribution in [3.8, 4) is 5.69 Å². The van der Waals surface area contributed by atoms with Gasteiger partial charge in [-0.2, -0.15) is 5.10 Å². The molecule has 0 spiro atoms. The van der Waals surface area contributed by atoms with Gasteiger partial charge in [0.1, 0.15) is 11.5 Å². The maximum atomic E-state index is 11.2. The molecule has 106 valence electrons. The van der Waals surface area contributed by atoms with E-state index in [2.05, 4.69) is 10.1 Å². The predicted octanol–water partition coefficient (Wildman–Crippen LogP) is 3.04. The van der Waals surface area contributed by atoms with Crippen LogP contribution in [0.3, 0.4) is 0 Å². The van der Waals surface area contributed by atoms with E-state index >= 15 is 0 Å². The summed E-state index contributed by atoms with van der Waals surface area (Å²) in [6.07, 6.45) is 1.34. The molecule has 0 bridgehead atoms. The first-order chi connectivity index (χ1) is 9.60. The van der Waals surface area contributed by atoms with Gasteiger partial charge in [-0.15, -0.1) is 11.6 Å². The Balaban J connectivity index is 2.62. The van der Waals surface area contributed by atoms with E-state index in [-0.39, 0.29) is 11.6 Å². The fourth-order valence-corrected chi connectivity index (χ4v) is 2.11. The highest BCUT2D eigenvalue weighted by Gasteiger charge is 2.20. The lowest BCUT2D eigenvalue weighted by molar-refractivity contribution is -0.384. The van der Waals surface area contributed by atoms with Crippen molar-refractivity contribution in [1.82, 2.24) is 14.8 Å². The first-order valence-electron chi connectivity index (χ1n) is 6.39. The van der Waals surface area contributed by atoms with Crippen LogP contribution < -0.4 is 0 Å². The fourth-order valence-electron chi connectivity index (χ4n) is 1.94. The molecule has 7 heteroatoms. The molecule has 1 aromatic carbocycles. The van der Waals surface area contributed by atoms with Crippen molar-refractivity contribution in [3.05, 3.63) is 45.5 Å². The van der Waals surface area contributed by atoms with Crippen LogP contribution in [0.25, 0.3) is 5.69 Å². The van der Waals surface area contributed by atoms with E-state index in [4.69, 9.17) is 11.6 Å². The Labute approximate surface area is 121 Å². The minimum absolute atomic E-state index is 0.00889. The van der Waals surface area contributed by atoms with Crippen molar-refractivity contribution < 1.29 is 4.92 Å². The van der Waals surface area contributed by atoms with E-state index < -0.39 is 4.92 Å². The van der Waals surface area contributed by atoms with Gasteiger partial charge in [0.2, 0.25) is 0 Å². The van der Waals surface area contributed by atoms with E-state index in [1.807, 2.05) is 13.8 Å². The molecular weight excluding hydrogens is 280 g/mol. The minimum Gasteiger partial charge on any atom is -0.258 e. The number of hydrogen-bond acceptors (Lipinski definition) is 4. The Morgan fingerprint density at radius 3 is 2.65 bits per heavy atom. The van der Waals surface area contributed by atoms with E-state index in [9.17, 15) is 10.1 Å². The van der Waals surface area contributed by atoms with E-state index in [0.717, 1.165) is 0 Å². The first-order valence-corrected chi connectivity index (χ1v) is 6.92. The average Bonchev–Trinajstić information content (AvgIpc) is 2.89. The summed E-state index contributed by atoms with van der Waals surface area (Å²) in [6.45, 7) is 3.89. The molecule has 0 aliphatic carbocycles. The Bertz CT molecular complexity index is 639. The molecule has 0 unspecified atom stereocenters. The largest absolute Gasteiger partial charge is 0.295 e. The highest BCUT2D eigenvalue weighted by molar-refractivity contribution is 6.17. The lowest BCUT2D eigenvalue weighted by Crippen LogP contribution is -2.06. The number of alkyl halides is 1. The van der Waals surface area contributed by atoms with Crippen LogP contribution in [0.4, 0.5) is 5.69 Å². The van der Waals surface area contributed by atoms with Crippen molar-refractivity contribution in [1.29, 1.82) is 0 Å². The lowest BCUT2D eigenvalue weighted by atomic mass is 10.2. The van der Waals surface area contributed by atoms with Gasteiger partial charge in [0, 0.05) is 24.8 Å². The number of nitro groups is 1. The van der Waals surface area contributed by atoms with Crippen molar-refractivity contribution in [2.75, 3.05) is 0 Å². The Hall–Kier alpha value is -1.95. The lowest BCUT2D eigenvalue weighted by Gasteiger charge is -2.06. The van der Waals surface area contributed by atoms with E-state index in [1.165, 1.54) is 6.07 Å². The minimum atomic E-state index is -0.419. The third-order valence-electron chi connectivity index (χ3n) is 2.97. The van der Waals surface area contributed by atoms with E-state index in [1.54, 1.807) is 16.8 Å². The number of aryl methyl sites for hydroxylation is 2. The molecule has 0 fully saturated rings. The molecule has 0 aliphatic heterocycles. The summed E-state index contributed by atoms with van der Waals surface area (Å²) in [7, 11) is 0. The van der Waals surface area contributed by atoms with Crippen molar-refractivity contribution in [2.24, 2.45) is 0 Å².